The predicted molar refractivity (Wildman–Crippen MR) is 147 cm³/mol. The van der Waals surface area contributed by atoms with Gasteiger partial charge in [0.2, 0.25) is 0 Å². The molecule has 0 aromatic heterocycles. The van der Waals surface area contributed by atoms with E-state index in [1.54, 1.807) is 0 Å². The number of rotatable bonds is 27. The molecule has 0 spiro atoms. The fourth-order valence-corrected chi connectivity index (χ4v) is 4.55. The number of nitrogens with one attached hydrogen (secondary N) is 1. The molecule has 0 bridgehead atoms. The Hall–Kier alpha value is -0.730. The van der Waals surface area contributed by atoms with Crippen LogP contribution < -0.4 is 5.32 Å². The standard InChI is InChI=1S/C29H59NO6/c1-2-3-4-5-6-7-8-9-10-11-12-13-14-15-16-17-18-19-20-21-22-23-30-29(36)28(35)27(34)26(33)25(32)24-31/h25-28,31-35H,2-24H2,1H3,(H,30,36)/t25-,26+,27-,28+/m0/s1. The second kappa shape index (κ2) is 25.9. The van der Waals surface area contributed by atoms with Gasteiger partial charge in [0.15, 0.2) is 6.10 Å². The summed E-state index contributed by atoms with van der Waals surface area (Å²) in [5.41, 5.74) is 0. The molecule has 0 radical (unpaired) electrons. The van der Waals surface area contributed by atoms with Crippen molar-refractivity contribution in [2.45, 2.75) is 166 Å². The van der Waals surface area contributed by atoms with Gasteiger partial charge in [-0.2, -0.15) is 0 Å². The highest BCUT2D eigenvalue weighted by Crippen LogP contribution is 2.15. The number of carbonyl (C=O) groups excluding carboxylic acids is 1. The Labute approximate surface area is 221 Å². The maximum atomic E-state index is 11.8. The van der Waals surface area contributed by atoms with Crippen LogP contribution in [0.1, 0.15) is 142 Å². The summed E-state index contributed by atoms with van der Waals surface area (Å²) in [5.74, 6) is -0.792. The summed E-state index contributed by atoms with van der Waals surface area (Å²) in [7, 11) is 0. The smallest absolute Gasteiger partial charge is 0.251 e. The third kappa shape index (κ3) is 20.3. The lowest BCUT2D eigenvalue weighted by Crippen LogP contribution is -2.51. The minimum atomic E-state index is -1.85. The molecule has 0 aliphatic heterocycles. The largest absolute Gasteiger partial charge is 0.394 e. The normalized spacial score (nSPS) is 14.9. The van der Waals surface area contributed by atoms with Gasteiger partial charge in [0.1, 0.15) is 18.3 Å². The van der Waals surface area contributed by atoms with Crippen LogP contribution in [-0.4, -0.2) is 69.0 Å². The van der Waals surface area contributed by atoms with E-state index in [9.17, 15) is 25.2 Å². The minimum Gasteiger partial charge on any atom is -0.394 e. The van der Waals surface area contributed by atoms with Gasteiger partial charge in [0, 0.05) is 6.54 Å². The predicted octanol–water partition coefficient (Wildman–Crippen LogP) is 4.75. The van der Waals surface area contributed by atoms with Crippen molar-refractivity contribution in [3.63, 3.8) is 0 Å². The van der Waals surface area contributed by atoms with Gasteiger partial charge < -0.3 is 30.8 Å². The molecule has 7 nitrogen and oxygen atoms in total. The van der Waals surface area contributed by atoms with E-state index in [4.69, 9.17) is 5.11 Å². The van der Waals surface area contributed by atoms with Crippen molar-refractivity contribution in [2.75, 3.05) is 13.2 Å². The first-order chi connectivity index (χ1) is 17.5. The summed E-state index contributed by atoms with van der Waals surface area (Å²) in [6.45, 7) is 1.89. The Kier molecular flexibility index (Phi) is 25.4. The molecule has 1 amide bonds. The molecule has 7 heteroatoms. The molecule has 0 aromatic rings. The number of aliphatic hydroxyl groups is 5. The summed E-state index contributed by atoms with van der Waals surface area (Å²) in [6.07, 6.45) is 20.5. The van der Waals surface area contributed by atoms with Gasteiger partial charge >= 0.3 is 0 Å². The molecule has 0 heterocycles. The Morgan fingerprint density at radius 1 is 0.556 bits per heavy atom. The van der Waals surface area contributed by atoms with E-state index in [1.165, 1.54) is 116 Å². The van der Waals surface area contributed by atoms with Gasteiger partial charge in [-0.25, -0.2) is 0 Å². The SMILES string of the molecule is CCCCCCCCCCCCCCCCCCCCCCCNC(=O)[C@H](O)[C@@H](O)[C@H](O)[C@@H](O)CO. The monoisotopic (exact) mass is 517 g/mol. The fraction of sp³-hybridized carbons (Fsp3) is 0.966. The zero-order valence-corrected chi connectivity index (χ0v) is 23.2. The third-order valence-corrected chi connectivity index (χ3v) is 7.10. The van der Waals surface area contributed by atoms with Crippen molar-refractivity contribution in [1.82, 2.24) is 5.32 Å². The maximum Gasteiger partial charge on any atom is 0.251 e. The lowest BCUT2D eigenvalue weighted by Gasteiger charge is -2.24. The Morgan fingerprint density at radius 3 is 1.22 bits per heavy atom. The second-order valence-electron chi connectivity index (χ2n) is 10.5. The van der Waals surface area contributed by atoms with Gasteiger partial charge in [0.25, 0.3) is 5.91 Å². The van der Waals surface area contributed by atoms with Crippen molar-refractivity contribution >= 4 is 5.91 Å². The lowest BCUT2D eigenvalue weighted by atomic mass is 10.0. The molecule has 216 valence electrons. The molecular weight excluding hydrogens is 458 g/mol. The zero-order valence-electron chi connectivity index (χ0n) is 23.2. The average Bonchev–Trinajstić information content (AvgIpc) is 2.89. The molecule has 0 saturated carbocycles. The van der Waals surface area contributed by atoms with Gasteiger partial charge in [-0.1, -0.05) is 135 Å². The first-order valence-electron chi connectivity index (χ1n) is 15.1. The summed E-state index contributed by atoms with van der Waals surface area (Å²) >= 11 is 0. The first-order valence-corrected chi connectivity index (χ1v) is 15.1. The summed E-state index contributed by atoms with van der Waals surface area (Å²) in [5, 5.41) is 49.6. The van der Waals surface area contributed by atoms with Crippen molar-refractivity contribution in [2.24, 2.45) is 0 Å². The highest BCUT2D eigenvalue weighted by atomic mass is 16.4. The molecule has 0 aliphatic carbocycles. The van der Waals surface area contributed by atoms with Gasteiger partial charge in [-0.15, -0.1) is 0 Å². The van der Waals surface area contributed by atoms with Crippen LogP contribution in [0.25, 0.3) is 0 Å². The first kappa shape index (κ1) is 35.3. The zero-order chi connectivity index (χ0) is 26.9. The van der Waals surface area contributed by atoms with E-state index in [0.29, 0.717) is 6.54 Å². The highest BCUT2D eigenvalue weighted by molar-refractivity contribution is 5.81. The molecule has 0 rings (SSSR count). The van der Waals surface area contributed by atoms with Crippen LogP contribution in [0.3, 0.4) is 0 Å². The Bertz CT molecular complexity index is 479. The molecule has 0 saturated heterocycles. The van der Waals surface area contributed by atoms with Gasteiger partial charge in [-0.3, -0.25) is 4.79 Å². The quantitative estimate of drug-likeness (QED) is 0.0872. The minimum absolute atomic E-state index is 0.389. The van der Waals surface area contributed by atoms with Crippen molar-refractivity contribution < 1.29 is 30.3 Å². The van der Waals surface area contributed by atoms with Crippen LogP contribution in [0.2, 0.25) is 0 Å². The van der Waals surface area contributed by atoms with E-state index >= 15 is 0 Å². The third-order valence-electron chi connectivity index (χ3n) is 7.10. The van der Waals surface area contributed by atoms with Crippen LogP contribution >= 0.6 is 0 Å². The van der Waals surface area contributed by atoms with E-state index in [-0.39, 0.29) is 0 Å². The summed E-state index contributed by atoms with van der Waals surface area (Å²) in [4.78, 5) is 11.8. The second-order valence-corrected chi connectivity index (χ2v) is 10.5. The van der Waals surface area contributed by atoms with Crippen LogP contribution in [0, 0.1) is 0 Å². The summed E-state index contributed by atoms with van der Waals surface area (Å²) in [6, 6.07) is 0. The Morgan fingerprint density at radius 2 is 0.889 bits per heavy atom. The number of unbranched alkanes of at least 4 members (excludes halogenated alkanes) is 20. The number of amides is 1. The average molecular weight is 518 g/mol. The molecule has 36 heavy (non-hydrogen) atoms. The van der Waals surface area contributed by atoms with Gasteiger partial charge in [-0.05, 0) is 6.42 Å². The molecule has 6 N–H and O–H groups in total. The van der Waals surface area contributed by atoms with Crippen molar-refractivity contribution in [3.8, 4) is 0 Å². The Balaban J connectivity index is 3.35. The molecule has 0 aliphatic rings. The van der Waals surface area contributed by atoms with E-state index in [1.807, 2.05) is 0 Å². The number of hydrogen-bond acceptors (Lipinski definition) is 6. The van der Waals surface area contributed by atoms with Gasteiger partial charge in [0.05, 0.1) is 6.61 Å². The van der Waals surface area contributed by atoms with E-state index in [0.717, 1.165) is 19.3 Å². The van der Waals surface area contributed by atoms with Crippen LogP contribution in [0.4, 0.5) is 0 Å². The number of aliphatic hydroxyl groups excluding tert-OH is 5. The van der Waals surface area contributed by atoms with E-state index < -0.39 is 36.9 Å². The molecular formula is C29H59NO6. The van der Waals surface area contributed by atoms with Crippen molar-refractivity contribution in [1.29, 1.82) is 0 Å². The fourth-order valence-electron chi connectivity index (χ4n) is 4.55. The van der Waals surface area contributed by atoms with E-state index in [2.05, 4.69) is 12.2 Å². The number of hydrogen-bond donors (Lipinski definition) is 6. The van der Waals surface area contributed by atoms with Crippen LogP contribution in [-0.2, 0) is 4.79 Å². The molecule has 0 aromatic carbocycles. The molecule has 4 atom stereocenters. The maximum absolute atomic E-state index is 11.8. The summed E-state index contributed by atoms with van der Waals surface area (Å²) < 4.78 is 0. The number of carbonyl (C=O) groups is 1. The highest BCUT2D eigenvalue weighted by Gasteiger charge is 2.33. The van der Waals surface area contributed by atoms with Crippen LogP contribution in [0.5, 0.6) is 0 Å². The molecule has 0 fully saturated rings. The topological polar surface area (TPSA) is 130 Å². The van der Waals surface area contributed by atoms with Crippen LogP contribution in [0.15, 0.2) is 0 Å². The van der Waals surface area contributed by atoms with Crippen molar-refractivity contribution in [3.05, 3.63) is 0 Å². The lowest BCUT2D eigenvalue weighted by molar-refractivity contribution is -0.148. The molecule has 0 unspecified atom stereocenters.